The van der Waals surface area contributed by atoms with Crippen LogP contribution in [0.1, 0.15) is 25.0 Å². The SMILES string of the molecule is CCOCC(C)(N)c1ccc(C(F)(F)F)c(F)c1. The molecule has 102 valence electrons. The number of nitrogens with two attached hydrogens (primary N) is 1. The van der Waals surface area contributed by atoms with E-state index >= 15 is 0 Å². The Morgan fingerprint density at radius 1 is 1.28 bits per heavy atom. The highest BCUT2D eigenvalue weighted by Gasteiger charge is 2.35. The number of alkyl halides is 3. The van der Waals surface area contributed by atoms with Crippen molar-refractivity contribution in [1.29, 1.82) is 0 Å². The summed E-state index contributed by atoms with van der Waals surface area (Å²) in [5, 5.41) is 0. The molecule has 0 bridgehead atoms. The molecule has 18 heavy (non-hydrogen) atoms. The standard InChI is InChI=1S/C12H15F4NO/c1-3-18-7-11(2,17)8-4-5-9(10(13)6-8)12(14,15)16/h4-6H,3,7,17H2,1-2H3. The van der Waals surface area contributed by atoms with E-state index in [9.17, 15) is 17.6 Å². The predicted molar refractivity (Wildman–Crippen MR) is 59.4 cm³/mol. The maximum atomic E-state index is 13.4. The van der Waals surface area contributed by atoms with E-state index in [1.165, 1.54) is 6.07 Å². The highest BCUT2D eigenvalue weighted by atomic mass is 19.4. The number of rotatable bonds is 4. The summed E-state index contributed by atoms with van der Waals surface area (Å²) < 4.78 is 55.7. The molecular formula is C12H15F4NO. The van der Waals surface area contributed by atoms with Crippen LogP contribution in [-0.2, 0) is 16.5 Å². The van der Waals surface area contributed by atoms with Gasteiger partial charge in [-0.25, -0.2) is 4.39 Å². The maximum Gasteiger partial charge on any atom is 0.419 e. The number of halogens is 4. The average Bonchev–Trinajstić information content (AvgIpc) is 2.24. The molecule has 0 aromatic heterocycles. The van der Waals surface area contributed by atoms with Crippen molar-refractivity contribution in [2.45, 2.75) is 25.6 Å². The van der Waals surface area contributed by atoms with Crippen LogP contribution in [0.2, 0.25) is 0 Å². The second-order valence-electron chi connectivity index (χ2n) is 4.25. The Bertz CT molecular complexity index is 415. The molecule has 0 saturated carbocycles. The molecule has 6 heteroatoms. The van der Waals surface area contributed by atoms with E-state index in [2.05, 4.69) is 0 Å². The summed E-state index contributed by atoms with van der Waals surface area (Å²) in [5.74, 6) is -1.33. The molecule has 1 aromatic carbocycles. The third kappa shape index (κ3) is 3.43. The van der Waals surface area contributed by atoms with Gasteiger partial charge in [0.15, 0.2) is 0 Å². The lowest BCUT2D eigenvalue weighted by molar-refractivity contribution is -0.140. The van der Waals surface area contributed by atoms with Gasteiger partial charge in [0.05, 0.1) is 17.7 Å². The van der Waals surface area contributed by atoms with Crippen molar-refractivity contribution < 1.29 is 22.3 Å². The quantitative estimate of drug-likeness (QED) is 0.849. The molecule has 0 heterocycles. The third-order valence-corrected chi connectivity index (χ3v) is 2.54. The summed E-state index contributed by atoms with van der Waals surface area (Å²) in [5.41, 5.74) is 3.82. The van der Waals surface area contributed by atoms with Gasteiger partial charge in [-0.1, -0.05) is 6.07 Å². The van der Waals surface area contributed by atoms with E-state index in [0.717, 1.165) is 6.07 Å². The van der Waals surface area contributed by atoms with Crippen LogP contribution in [0.4, 0.5) is 17.6 Å². The first-order valence-electron chi connectivity index (χ1n) is 5.42. The minimum Gasteiger partial charge on any atom is -0.379 e. The summed E-state index contributed by atoms with van der Waals surface area (Å²) in [4.78, 5) is 0. The van der Waals surface area contributed by atoms with Crippen molar-refractivity contribution >= 4 is 0 Å². The van der Waals surface area contributed by atoms with Gasteiger partial charge in [0, 0.05) is 6.61 Å². The first-order valence-corrected chi connectivity index (χ1v) is 5.42. The average molecular weight is 265 g/mol. The fourth-order valence-electron chi connectivity index (χ4n) is 1.50. The van der Waals surface area contributed by atoms with Gasteiger partial charge >= 0.3 is 6.18 Å². The zero-order valence-corrected chi connectivity index (χ0v) is 10.1. The Balaban J connectivity index is 3.04. The lowest BCUT2D eigenvalue weighted by Gasteiger charge is -2.25. The summed E-state index contributed by atoms with van der Waals surface area (Å²) in [6, 6.07) is 2.68. The Hall–Kier alpha value is -1.14. The second-order valence-corrected chi connectivity index (χ2v) is 4.25. The fraction of sp³-hybridized carbons (Fsp3) is 0.500. The van der Waals surface area contributed by atoms with Crippen molar-refractivity contribution in [3.63, 3.8) is 0 Å². The van der Waals surface area contributed by atoms with E-state index < -0.39 is 23.1 Å². The maximum absolute atomic E-state index is 13.4. The van der Waals surface area contributed by atoms with Crippen molar-refractivity contribution in [2.75, 3.05) is 13.2 Å². The lowest BCUT2D eigenvalue weighted by Crippen LogP contribution is -2.38. The number of ether oxygens (including phenoxy) is 1. The van der Waals surface area contributed by atoms with Crippen LogP contribution >= 0.6 is 0 Å². The van der Waals surface area contributed by atoms with Crippen LogP contribution in [0.3, 0.4) is 0 Å². The minimum atomic E-state index is -4.70. The smallest absolute Gasteiger partial charge is 0.379 e. The molecule has 0 aliphatic rings. The van der Waals surface area contributed by atoms with E-state index in [0.29, 0.717) is 12.7 Å². The molecule has 1 atom stereocenters. The highest BCUT2D eigenvalue weighted by Crippen LogP contribution is 2.33. The topological polar surface area (TPSA) is 35.2 Å². The number of benzene rings is 1. The van der Waals surface area contributed by atoms with Crippen molar-refractivity contribution in [1.82, 2.24) is 0 Å². The first-order chi connectivity index (χ1) is 8.18. The Kier molecular flexibility index (Phi) is 4.34. The van der Waals surface area contributed by atoms with Gasteiger partial charge in [-0.15, -0.1) is 0 Å². The molecular weight excluding hydrogens is 250 g/mol. The fourth-order valence-corrected chi connectivity index (χ4v) is 1.50. The largest absolute Gasteiger partial charge is 0.419 e. The Labute approximate surface area is 103 Å². The van der Waals surface area contributed by atoms with Crippen LogP contribution < -0.4 is 5.73 Å². The van der Waals surface area contributed by atoms with Gasteiger partial charge in [-0.05, 0) is 31.5 Å². The summed E-state index contributed by atoms with van der Waals surface area (Å²) in [6.45, 7) is 3.87. The second kappa shape index (κ2) is 5.24. The van der Waals surface area contributed by atoms with Gasteiger partial charge < -0.3 is 10.5 Å². The van der Waals surface area contributed by atoms with Crippen LogP contribution in [0, 0.1) is 5.82 Å². The zero-order valence-electron chi connectivity index (χ0n) is 10.1. The summed E-state index contributed by atoms with van der Waals surface area (Å²) >= 11 is 0. The van der Waals surface area contributed by atoms with Gasteiger partial charge in [0.1, 0.15) is 5.82 Å². The molecule has 0 aliphatic carbocycles. The Morgan fingerprint density at radius 2 is 1.89 bits per heavy atom. The number of hydrogen-bond donors (Lipinski definition) is 1. The molecule has 0 saturated heterocycles. The number of hydrogen-bond acceptors (Lipinski definition) is 2. The lowest BCUT2D eigenvalue weighted by atomic mass is 9.93. The molecule has 2 N–H and O–H groups in total. The molecule has 0 spiro atoms. The molecule has 0 amide bonds. The molecule has 1 rings (SSSR count). The van der Waals surface area contributed by atoms with E-state index in [4.69, 9.17) is 10.5 Å². The molecule has 1 aromatic rings. The van der Waals surface area contributed by atoms with Crippen LogP contribution in [0.15, 0.2) is 18.2 Å². The zero-order chi connectivity index (χ0) is 14.0. The van der Waals surface area contributed by atoms with Crippen molar-refractivity contribution in [3.8, 4) is 0 Å². The Morgan fingerprint density at radius 3 is 2.33 bits per heavy atom. The van der Waals surface area contributed by atoms with Crippen LogP contribution in [-0.4, -0.2) is 13.2 Å². The third-order valence-electron chi connectivity index (χ3n) is 2.54. The van der Waals surface area contributed by atoms with Crippen molar-refractivity contribution in [2.24, 2.45) is 5.73 Å². The van der Waals surface area contributed by atoms with Gasteiger partial charge in [-0.3, -0.25) is 0 Å². The van der Waals surface area contributed by atoms with E-state index in [-0.39, 0.29) is 12.2 Å². The predicted octanol–water partition coefficient (Wildman–Crippen LogP) is 3.05. The van der Waals surface area contributed by atoms with Gasteiger partial charge in [0.2, 0.25) is 0 Å². The molecule has 2 nitrogen and oxygen atoms in total. The van der Waals surface area contributed by atoms with E-state index in [1.807, 2.05) is 0 Å². The van der Waals surface area contributed by atoms with Gasteiger partial charge in [0.25, 0.3) is 0 Å². The highest BCUT2D eigenvalue weighted by molar-refractivity contribution is 5.30. The summed E-state index contributed by atoms with van der Waals surface area (Å²) in [6.07, 6.45) is -4.70. The molecule has 1 unspecified atom stereocenters. The van der Waals surface area contributed by atoms with Crippen LogP contribution in [0.5, 0.6) is 0 Å². The molecule has 0 radical (unpaired) electrons. The van der Waals surface area contributed by atoms with E-state index in [1.54, 1.807) is 13.8 Å². The monoisotopic (exact) mass is 265 g/mol. The summed E-state index contributed by atoms with van der Waals surface area (Å²) in [7, 11) is 0. The molecule has 0 aliphatic heterocycles. The first kappa shape index (κ1) is 14.9. The normalized spacial score (nSPS) is 15.5. The minimum absolute atomic E-state index is 0.105. The molecule has 0 fully saturated rings. The van der Waals surface area contributed by atoms with Gasteiger partial charge in [-0.2, -0.15) is 13.2 Å². The van der Waals surface area contributed by atoms with Crippen LogP contribution in [0.25, 0.3) is 0 Å². The van der Waals surface area contributed by atoms with Crippen molar-refractivity contribution in [3.05, 3.63) is 35.1 Å².